The number of likely N-dealkylation sites (N-methyl/N-ethyl adjacent to an activating group) is 1. The van der Waals surface area contributed by atoms with Crippen molar-refractivity contribution in [2.24, 2.45) is 0 Å². The molecule has 0 saturated heterocycles. The average molecular weight is 345 g/mol. The monoisotopic (exact) mass is 344 g/mol. The van der Waals surface area contributed by atoms with Crippen LogP contribution in [0.4, 0.5) is 5.69 Å². The van der Waals surface area contributed by atoms with Crippen LogP contribution in [0.15, 0.2) is 24.3 Å². The Morgan fingerprint density at radius 1 is 1.29 bits per heavy atom. The van der Waals surface area contributed by atoms with Crippen molar-refractivity contribution >= 4 is 52.0 Å². The van der Waals surface area contributed by atoms with Gasteiger partial charge in [0.15, 0.2) is 0 Å². The lowest BCUT2D eigenvalue weighted by atomic mass is 10.3. The molecular weight excluding hydrogens is 335 g/mol. The first kappa shape index (κ1) is 15.7. The fourth-order valence-electron chi connectivity index (χ4n) is 1.49. The minimum absolute atomic E-state index is 0.132. The number of benzene rings is 1. The number of aromatic nitrogens is 2. The molecule has 2 amide bonds. The van der Waals surface area contributed by atoms with E-state index in [4.69, 9.17) is 23.2 Å². The summed E-state index contributed by atoms with van der Waals surface area (Å²) >= 11 is 12.5. The summed E-state index contributed by atoms with van der Waals surface area (Å²) in [6.07, 6.45) is 0. The molecular formula is C12H10Cl2N4O2S. The predicted molar refractivity (Wildman–Crippen MR) is 82.0 cm³/mol. The number of hydrogen-bond acceptors (Lipinski definition) is 5. The third-order valence-electron chi connectivity index (χ3n) is 2.46. The van der Waals surface area contributed by atoms with E-state index in [9.17, 15) is 9.59 Å². The van der Waals surface area contributed by atoms with Gasteiger partial charge in [-0.1, -0.05) is 35.1 Å². The number of hydrogen-bond donors (Lipinski definition) is 1. The van der Waals surface area contributed by atoms with Gasteiger partial charge in [0.05, 0.1) is 17.3 Å². The van der Waals surface area contributed by atoms with Crippen LogP contribution in [-0.2, 0) is 4.79 Å². The van der Waals surface area contributed by atoms with Crippen molar-refractivity contribution in [3.63, 3.8) is 0 Å². The molecule has 2 rings (SSSR count). The van der Waals surface area contributed by atoms with Crippen molar-refractivity contribution < 1.29 is 9.59 Å². The molecule has 0 aliphatic carbocycles. The zero-order chi connectivity index (χ0) is 15.4. The summed E-state index contributed by atoms with van der Waals surface area (Å²) in [5.74, 6) is -0.789. The minimum Gasteiger partial charge on any atom is -0.330 e. The van der Waals surface area contributed by atoms with E-state index in [0.29, 0.717) is 10.7 Å². The molecule has 9 heteroatoms. The fraction of sp³-hybridized carbons (Fsp3) is 0.167. The van der Waals surface area contributed by atoms with Crippen LogP contribution in [0.2, 0.25) is 9.49 Å². The van der Waals surface area contributed by atoms with Crippen LogP contribution in [0.25, 0.3) is 0 Å². The summed E-state index contributed by atoms with van der Waals surface area (Å²) in [4.78, 5) is 25.1. The second-order valence-corrected chi connectivity index (χ2v) is 6.02. The van der Waals surface area contributed by atoms with Crippen molar-refractivity contribution in [2.45, 2.75) is 0 Å². The van der Waals surface area contributed by atoms with Gasteiger partial charge in [-0.25, -0.2) is 0 Å². The Hall–Kier alpha value is -1.70. The van der Waals surface area contributed by atoms with Gasteiger partial charge in [-0.05, 0) is 23.7 Å². The Morgan fingerprint density at radius 2 is 2.00 bits per heavy atom. The Bertz CT molecular complexity index is 677. The summed E-state index contributed by atoms with van der Waals surface area (Å²) in [7, 11) is 1.49. The zero-order valence-corrected chi connectivity index (χ0v) is 13.2. The van der Waals surface area contributed by atoms with Crippen LogP contribution in [0, 0.1) is 0 Å². The SMILES string of the molecule is CN(CC(=O)Nc1ccccc1Cl)C(=O)c1nnc(Cl)s1. The smallest absolute Gasteiger partial charge is 0.285 e. The highest BCUT2D eigenvalue weighted by Crippen LogP contribution is 2.20. The van der Waals surface area contributed by atoms with Gasteiger partial charge in [0.1, 0.15) is 0 Å². The van der Waals surface area contributed by atoms with Gasteiger partial charge in [0.25, 0.3) is 5.91 Å². The maximum Gasteiger partial charge on any atom is 0.285 e. The molecule has 110 valence electrons. The molecule has 0 saturated carbocycles. The molecule has 0 aliphatic rings. The topological polar surface area (TPSA) is 75.2 Å². The molecule has 0 atom stereocenters. The Kier molecular flexibility index (Phi) is 5.11. The Labute approximate surface area is 134 Å². The first-order valence-electron chi connectivity index (χ1n) is 5.76. The van der Waals surface area contributed by atoms with Crippen molar-refractivity contribution in [3.8, 4) is 0 Å². The van der Waals surface area contributed by atoms with Crippen molar-refractivity contribution in [2.75, 3.05) is 18.9 Å². The van der Waals surface area contributed by atoms with Gasteiger partial charge < -0.3 is 10.2 Å². The van der Waals surface area contributed by atoms with E-state index in [2.05, 4.69) is 15.5 Å². The molecule has 2 aromatic rings. The van der Waals surface area contributed by atoms with E-state index in [1.54, 1.807) is 24.3 Å². The molecule has 0 aliphatic heterocycles. The second kappa shape index (κ2) is 6.84. The number of anilines is 1. The normalized spacial score (nSPS) is 10.2. The quantitative estimate of drug-likeness (QED) is 0.924. The molecule has 0 radical (unpaired) electrons. The molecule has 0 unspecified atom stereocenters. The molecule has 1 heterocycles. The molecule has 0 fully saturated rings. The van der Waals surface area contributed by atoms with Crippen LogP contribution >= 0.6 is 34.5 Å². The number of rotatable bonds is 4. The van der Waals surface area contributed by atoms with Crippen molar-refractivity contribution in [1.29, 1.82) is 0 Å². The summed E-state index contributed by atoms with van der Waals surface area (Å²) in [5.41, 5.74) is 0.490. The predicted octanol–water partition coefficient (Wildman–Crippen LogP) is 2.56. The van der Waals surface area contributed by atoms with Gasteiger partial charge in [-0.2, -0.15) is 0 Å². The standard InChI is InChI=1S/C12H10Cl2N4O2S/c1-18(11(20)10-16-17-12(14)21-10)6-9(19)15-8-5-3-2-4-7(8)13/h2-5H,6H2,1H3,(H,15,19). The van der Waals surface area contributed by atoms with Crippen LogP contribution in [0.5, 0.6) is 0 Å². The molecule has 1 aromatic carbocycles. The number of nitrogens with one attached hydrogen (secondary N) is 1. The van der Waals surface area contributed by atoms with E-state index < -0.39 is 5.91 Å². The summed E-state index contributed by atoms with van der Waals surface area (Å²) in [6.45, 7) is -0.138. The van der Waals surface area contributed by atoms with Crippen LogP contribution in [0.1, 0.15) is 9.80 Å². The van der Waals surface area contributed by atoms with E-state index in [1.807, 2.05) is 0 Å². The second-order valence-electron chi connectivity index (χ2n) is 4.05. The van der Waals surface area contributed by atoms with Gasteiger partial charge >= 0.3 is 0 Å². The molecule has 0 spiro atoms. The molecule has 0 bridgehead atoms. The summed E-state index contributed by atoms with van der Waals surface area (Å²) in [5, 5.41) is 10.4. The number of carbonyl (C=O) groups excluding carboxylic acids is 2. The number of nitrogens with zero attached hydrogens (tertiary/aromatic N) is 3. The van der Waals surface area contributed by atoms with Crippen LogP contribution < -0.4 is 5.32 Å². The van der Waals surface area contributed by atoms with E-state index in [0.717, 1.165) is 11.3 Å². The van der Waals surface area contributed by atoms with E-state index >= 15 is 0 Å². The third kappa shape index (κ3) is 4.13. The first-order valence-corrected chi connectivity index (χ1v) is 7.33. The van der Waals surface area contributed by atoms with Crippen LogP contribution in [-0.4, -0.2) is 40.5 Å². The Morgan fingerprint density at radius 3 is 2.62 bits per heavy atom. The molecule has 1 aromatic heterocycles. The summed E-state index contributed by atoms with van der Waals surface area (Å²) < 4.78 is 0.173. The third-order valence-corrected chi connectivity index (χ3v) is 3.80. The van der Waals surface area contributed by atoms with Crippen LogP contribution in [0.3, 0.4) is 0 Å². The lowest BCUT2D eigenvalue weighted by Crippen LogP contribution is -2.34. The van der Waals surface area contributed by atoms with E-state index in [1.165, 1.54) is 11.9 Å². The van der Waals surface area contributed by atoms with Gasteiger partial charge in [0.2, 0.25) is 15.4 Å². The fourth-order valence-corrected chi connectivity index (χ4v) is 2.50. The first-order chi connectivity index (χ1) is 9.97. The number of amides is 2. The maximum atomic E-state index is 12.0. The molecule has 21 heavy (non-hydrogen) atoms. The molecule has 6 nitrogen and oxygen atoms in total. The maximum absolute atomic E-state index is 12.0. The lowest BCUT2D eigenvalue weighted by Gasteiger charge is -2.15. The minimum atomic E-state index is -0.422. The van der Waals surface area contributed by atoms with Gasteiger partial charge in [-0.3, -0.25) is 9.59 Å². The van der Waals surface area contributed by atoms with Gasteiger partial charge in [0, 0.05) is 7.05 Å². The lowest BCUT2D eigenvalue weighted by molar-refractivity contribution is -0.116. The summed E-state index contributed by atoms with van der Waals surface area (Å²) in [6, 6.07) is 6.84. The van der Waals surface area contributed by atoms with Crippen molar-refractivity contribution in [1.82, 2.24) is 15.1 Å². The highest BCUT2D eigenvalue weighted by molar-refractivity contribution is 7.17. The number of carbonyl (C=O) groups is 2. The number of halogens is 2. The highest BCUT2D eigenvalue weighted by Gasteiger charge is 2.19. The largest absolute Gasteiger partial charge is 0.330 e. The zero-order valence-electron chi connectivity index (χ0n) is 10.8. The van der Waals surface area contributed by atoms with E-state index in [-0.39, 0.29) is 21.9 Å². The van der Waals surface area contributed by atoms with Crippen molar-refractivity contribution in [3.05, 3.63) is 38.8 Å². The van der Waals surface area contributed by atoms with Gasteiger partial charge in [-0.15, -0.1) is 10.2 Å². The highest BCUT2D eigenvalue weighted by atomic mass is 35.5. The molecule has 1 N–H and O–H groups in total. The Balaban J connectivity index is 1.96. The average Bonchev–Trinajstić information content (AvgIpc) is 2.87. The number of para-hydroxylation sites is 1.